The maximum absolute atomic E-state index is 12.8. The molecule has 0 spiro atoms. The minimum absolute atomic E-state index is 0.159. The maximum Gasteiger partial charge on any atom is 0.123 e. The third-order valence-electron chi connectivity index (χ3n) is 4.09. The molecular formula is C17H20FN. The van der Waals surface area contributed by atoms with E-state index in [4.69, 9.17) is 5.26 Å². The normalized spacial score (nSPS) is 23.4. The molecule has 2 rings (SSSR count). The summed E-state index contributed by atoms with van der Waals surface area (Å²) < 4.78 is 12.8. The third-order valence-corrected chi connectivity index (χ3v) is 4.09. The van der Waals surface area contributed by atoms with Crippen molar-refractivity contribution in [3.05, 3.63) is 47.8 Å². The molecule has 0 radical (unpaired) electrons. The molecule has 1 saturated carbocycles. The van der Waals surface area contributed by atoms with Crippen LogP contribution in [0.4, 0.5) is 4.39 Å². The highest BCUT2D eigenvalue weighted by Crippen LogP contribution is 2.32. The molecule has 1 nitrogen and oxygen atoms in total. The van der Waals surface area contributed by atoms with Crippen molar-refractivity contribution in [2.24, 2.45) is 11.8 Å². The van der Waals surface area contributed by atoms with Gasteiger partial charge in [-0.1, -0.05) is 18.2 Å². The van der Waals surface area contributed by atoms with Crippen LogP contribution in [-0.2, 0) is 6.42 Å². The lowest BCUT2D eigenvalue weighted by molar-refractivity contribution is 0.296. The van der Waals surface area contributed by atoms with E-state index in [9.17, 15) is 4.39 Å². The summed E-state index contributed by atoms with van der Waals surface area (Å²) in [6, 6.07) is 8.92. The number of nitriles is 1. The lowest BCUT2D eigenvalue weighted by Crippen LogP contribution is -2.13. The van der Waals surface area contributed by atoms with E-state index in [-0.39, 0.29) is 5.82 Å². The number of hydrogen-bond donors (Lipinski definition) is 0. The second kappa shape index (κ2) is 7.09. The first kappa shape index (κ1) is 13.8. The van der Waals surface area contributed by atoms with Gasteiger partial charge in [-0.2, -0.15) is 5.26 Å². The molecule has 0 unspecified atom stereocenters. The lowest BCUT2D eigenvalue weighted by atomic mass is 9.79. The quantitative estimate of drug-likeness (QED) is 0.720. The van der Waals surface area contributed by atoms with Gasteiger partial charge < -0.3 is 0 Å². The highest BCUT2D eigenvalue weighted by Gasteiger charge is 2.19. The van der Waals surface area contributed by atoms with E-state index in [0.717, 1.165) is 12.3 Å². The smallest absolute Gasteiger partial charge is 0.123 e. The van der Waals surface area contributed by atoms with Crippen LogP contribution in [0, 0.1) is 29.0 Å². The standard InChI is InChI=1S/C17H20FN/c18-17-11-9-16(10-12-17)8-7-15-5-3-14(4-6-15)2-1-13-19/h1-2,9-12,14-15H,3-8H2. The Balaban J connectivity index is 1.73. The summed E-state index contributed by atoms with van der Waals surface area (Å²) in [5.41, 5.74) is 1.23. The van der Waals surface area contributed by atoms with E-state index in [1.165, 1.54) is 37.7 Å². The first-order chi connectivity index (χ1) is 9.28. The molecule has 0 amide bonds. The van der Waals surface area contributed by atoms with Gasteiger partial charge in [-0.05, 0) is 68.1 Å². The highest BCUT2D eigenvalue weighted by molar-refractivity contribution is 5.16. The van der Waals surface area contributed by atoms with Gasteiger partial charge in [0.1, 0.15) is 5.82 Å². The van der Waals surface area contributed by atoms with Gasteiger partial charge in [0.05, 0.1) is 6.07 Å². The highest BCUT2D eigenvalue weighted by atomic mass is 19.1. The largest absolute Gasteiger partial charge is 0.207 e. The van der Waals surface area contributed by atoms with Crippen molar-refractivity contribution in [3.8, 4) is 6.07 Å². The molecule has 0 aliphatic heterocycles. The molecule has 2 heteroatoms. The lowest BCUT2D eigenvalue weighted by Gasteiger charge is -2.26. The predicted molar refractivity (Wildman–Crippen MR) is 74.9 cm³/mol. The Kier molecular flexibility index (Phi) is 5.15. The minimum Gasteiger partial charge on any atom is -0.207 e. The van der Waals surface area contributed by atoms with Crippen LogP contribution >= 0.6 is 0 Å². The number of benzene rings is 1. The Hall–Kier alpha value is -1.62. The fourth-order valence-corrected chi connectivity index (χ4v) is 2.87. The van der Waals surface area contributed by atoms with Gasteiger partial charge in [0, 0.05) is 6.08 Å². The zero-order valence-electron chi connectivity index (χ0n) is 11.2. The van der Waals surface area contributed by atoms with Gasteiger partial charge in [-0.3, -0.25) is 0 Å². The molecule has 0 saturated heterocycles. The monoisotopic (exact) mass is 257 g/mol. The topological polar surface area (TPSA) is 23.8 Å². The van der Waals surface area contributed by atoms with Crippen molar-refractivity contribution in [3.63, 3.8) is 0 Å². The van der Waals surface area contributed by atoms with Crippen molar-refractivity contribution in [2.75, 3.05) is 0 Å². The van der Waals surface area contributed by atoms with Gasteiger partial charge >= 0.3 is 0 Å². The summed E-state index contributed by atoms with van der Waals surface area (Å²) in [6.45, 7) is 0. The first-order valence-corrected chi connectivity index (χ1v) is 7.08. The van der Waals surface area contributed by atoms with Crippen LogP contribution in [0.1, 0.15) is 37.7 Å². The number of rotatable bonds is 4. The van der Waals surface area contributed by atoms with E-state index in [1.807, 2.05) is 12.1 Å². The van der Waals surface area contributed by atoms with E-state index in [2.05, 4.69) is 12.1 Å². The molecule has 100 valence electrons. The molecule has 0 heterocycles. The van der Waals surface area contributed by atoms with E-state index >= 15 is 0 Å². The van der Waals surface area contributed by atoms with Crippen molar-refractivity contribution >= 4 is 0 Å². The fourth-order valence-electron chi connectivity index (χ4n) is 2.87. The Morgan fingerprint density at radius 3 is 2.47 bits per heavy atom. The number of hydrogen-bond acceptors (Lipinski definition) is 1. The molecule has 0 N–H and O–H groups in total. The average molecular weight is 257 g/mol. The van der Waals surface area contributed by atoms with E-state index in [0.29, 0.717) is 5.92 Å². The van der Waals surface area contributed by atoms with Crippen LogP contribution in [0.25, 0.3) is 0 Å². The molecule has 0 aromatic heterocycles. The van der Waals surface area contributed by atoms with Crippen molar-refractivity contribution in [1.29, 1.82) is 5.26 Å². The van der Waals surface area contributed by atoms with Crippen LogP contribution in [0.15, 0.2) is 36.4 Å². The fraction of sp³-hybridized carbons (Fsp3) is 0.471. The van der Waals surface area contributed by atoms with E-state index < -0.39 is 0 Å². The van der Waals surface area contributed by atoms with Gasteiger partial charge in [0.15, 0.2) is 0 Å². The third kappa shape index (κ3) is 4.52. The Morgan fingerprint density at radius 1 is 1.16 bits per heavy atom. The summed E-state index contributed by atoms with van der Waals surface area (Å²) in [5, 5.41) is 8.52. The molecule has 1 aromatic carbocycles. The van der Waals surface area contributed by atoms with Gasteiger partial charge in [-0.25, -0.2) is 4.39 Å². The van der Waals surface area contributed by atoms with Crippen LogP contribution in [0.3, 0.4) is 0 Å². The van der Waals surface area contributed by atoms with E-state index in [1.54, 1.807) is 18.2 Å². The van der Waals surface area contributed by atoms with Gasteiger partial charge in [0.25, 0.3) is 0 Å². The Morgan fingerprint density at radius 2 is 1.84 bits per heavy atom. The second-order valence-electron chi connectivity index (χ2n) is 5.43. The Bertz CT molecular complexity index is 447. The maximum atomic E-state index is 12.8. The SMILES string of the molecule is N#CC=CC1CCC(CCc2ccc(F)cc2)CC1. The van der Waals surface area contributed by atoms with Gasteiger partial charge in [0.2, 0.25) is 0 Å². The molecule has 0 bridgehead atoms. The molecule has 1 aliphatic rings. The zero-order valence-corrected chi connectivity index (χ0v) is 11.2. The van der Waals surface area contributed by atoms with Crippen molar-refractivity contribution < 1.29 is 4.39 Å². The average Bonchev–Trinajstić information content (AvgIpc) is 2.46. The summed E-state index contributed by atoms with van der Waals surface area (Å²) in [4.78, 5) is 0. The molecule has 0 atom stereocenters. The number of aryl methyl sites for hydroxylation is 1. The predicted octanol–water partition coefficient (Wildman–Crippen LogP) is 4.64. The zero-order chi connectivity index (χ0) is 13.5. The van der Waals surface area contributed by atoms with Crippen LogP contribution in [0.5, 0.6) is 0 Å². The summed E-state index contributed by atoms with van der Waals surface area (Å²) >= 11 is 0. The van der Waals surface area contributed by atoms with Crippen LogP contribution in [-0.4, -0.2) is 0 Å². The summed E-state index contributed by atoms with van der Waals surface area (Å²) in [6.07, 6.45) is 10.8. The number of allylic oxidation sites excluding steroid dienone is 2. The van der Waals surface area contributed by atoms with Crippen LogP contribution < -0.4 is 0 Å². The van der Waals surface area contributed by atoms with Crippen molar-refractivity contribution in [2.45, 2.75) is 38.5 Å². The molecule has 1 aliphatic carbocycles. The minimum atomic E-state index is -0.159. The van der Waals surface area contributed by atoms with Crippen LogP contribution in [0.2, 0.25) is 0 Å². The first-order valence-electron chi connectivity index (χ1n) is 7.08. The Labute approximate surface area is 114 Å². The summed E-state index contributed by atoms with van der Waals surface area (Å²) in [5.74, 6) is 1.23. The number of halogens is 1. The van der Waals surface area contributed by atoms with Gasteiger partial charge in [-0.15, -0.1) is 0 Å². The molecule has 19 heavy (non-hydrogen) atoms. The molecule has 1 aromatic rings. The second-order valence-corrected chi connectivity index (χ2v) is 5.43. The number of nitrogens with zero attached hydrogens (tertiary/aromatic N) is 1. The molecule has 1 fully saturated rings. The molecular weight excluding hydrogens is 237 g/mol. The summed E-state index contributed by atoms with van der Waals surface area (Å²) in [7, 11) is 0. The van der Waals surface area contributed by atoms with Crippen molar-refractivity contribution in [1.82, 2.24) is 0 Å².